The van der Waals surface area contributed by atoms with Crippen molar-refractivity contribution in [3.63, 3.8) is 0 Å². The second-order valence-electron chi connectivity index (χ2n) is 15.5. The van der Waals surface area contributed by atoms with Crippen molar-refractivity contribution in [3.8, 4) is 0 Å². The monoisotopic (exact) mass is 800 g/mol. The molecule has 2 atom stereocenters. The van der Waals surface area contributed by atoms with E-state index in [0.29, 0.717) is 13.1 Å². The number of hydrogen-bond acceptors (Lipinski definition) is 8. The van der Waals surface area contributed by atoms with Crippen LogP contribution in [0.3, 0.4) is 0 Å². The van der Waals surface area contributed by atoms with Gasteiger partial charge in [-0.3, -0.25) is 9.59 Å². The summed E-state index contributed by atoms with van der Waals surface area (Å²) in [4.78, 5) is 54.1. The molecule has 0 unspecified atom stereocenters. The number of likely N-dealkylation sites (N-methyl/N-ethyl adjacent to an activating group) is 2. The molecule has 58 heavy (non-hydrogen) atoms. The Hall–Kier alpha value is -4.76. The zero-order chi connectivity index (χ0) is 41.7. The van der Waals surface area contributed by atoms with E-state index in [9.17, 15) is 19.2 Å². The van der Waals surface area contributed by atoms with E-state index in [0.717, 1.165) is 89.4 Å². The number of carboxylic acids is 2. The molecule has 0 radical (unpaired) electrons. The van der Waals surface area contributed by atoms with E-state index in [2.05, 4.69) is 83.0 Å². The summed E-state index contributed by atoms with van der Waals surface area (Å²) >= 11 is 0. The topological polar surface area (TPSA) is 172 Å². The fourth-order valence-electron chi connectivity index (χ4n) is 9.16. The Balaban J connectivity index is 0.000000160. The first-order valence-corrected chi connectivity index (χ1v) is 21.1. The molecule has 8 rings (SSSR count). The van der Waals surface area contributed by atoms with Gasteiger partial charge in [-0.1, -0.05) is 52.0 Å². The van der Waals surface area contributed by atoms with Crippen molar-refractivity contribution in [1.82, 2.24) is 18.9 Å². The summed E-state index contributed by atoms with van der Waals surface area (Å²) in [5.41, 5.74) is 10.6. The van der Waals surface area contributed by atoms with E-state index in [1.54, 1.807) is 0 Å². The summed E-state index contributed by atoms with van der Waals surface area (Å²) in [5, 5.41) is 35.3. The zero-order valence-electron chi connectivity index (χ0n) is 34.5. The molecule has 14 nitrogen and oxygen atoms in total. The number of aromatic nitrogens is 2. The fourth-order valence-corrected chi connectivity index (χ4v) is 9.16. The number of rotatable bonds is 13. The average Bonchev–Trinajstić information content (AvgIpc) is 3.73. The highest BCUT2D eigenvalue weighted by Crippen LogP contribution is 2.41. The van der Waals surface area contributed by atoms with Crippen LogP contribution >= 0.6 is 0 Å². The lowest BCUT2D eigenvalue weighted by atomic mass is 9.95. The molecule has 0 fully saturated rings. The Morgan fingerprint density at radius 1 is 0.603 bits per heavy atom. The van der Waals surface area contributed by atoms with E-state index in [4.69, 9.17) is 20.4 Å². The van der Waals surface area contributed by atoms with Crippen molar-refractivity contribution in [2.45, 2.75) is 104 Å². The van der Waals surface area contributed by atoms with Crippen molar-refractivity contribution < 1.29 is 39.6 Å². The van der Waals surface area contributed by atoms with Gasteiger partial charge in [0.25, 0.3) is 0 Å². The molecule has 14 heteroatoms. The van der Waals surface area contributed by atoms with Crippen molar-refractivity contribution in [2.24, 2.45) is 0 Å². The minimum absolute atomic E-state index is 0.242. The smallest absolute Gasteiger partial charge is 0.335 e. The number of hydrogen-bond donors (Lipinski definition) is 4. The molecule has 0 saturated carbocycles. The number of carbonyl (C=O) groups excluding carboxylic acids is 2. The van der Waals surface area contributed by atoms with E-state index in [1.807, 2.05) is 9.80 Å². The molecule has 0 bridgehead atoms. The lowest BCUT2D eigenvalue weighted by Crippen LogP contribution is -2.42. The molecule has 4 N–H and O–H groups in total. The summed E-state index contributed by atoms with van der Waals surface area (Å²) in [6.07, 6.45) is 5.08. The van der Waals surface area contributed by atoms with Gasteiger partial charge in [0.2, 0.25) is 11.8 Å². The van der Waals surface area contributed by atoms with Gasteiger partial charge in [-0.25, -0.2) is 9.59 Å². The number of fused-ring (bicyclic) bond motifs is 6. The van der Waals surface area contributed by atoms with Gasteiger partial charge in [-0.15, -0.1) is 0 Å². The van der Waals surface area contributed by atoms with Gasteiger partial charge in [-0.2, -0.15) is 0 Å². The first-order chi connectivity index (χ1) is 27.9. The molecule has 4 heterocycles. The van der Waals surface area contributed by atoms with Crippen molar-refractivity contribution in [3.05, 3.63) is 58.9 Å². The highest BCUT2D eigenvalue weighted by Gasteiger charge is 2.33. The van der Waals surface area contributed by atoms with Gasteiger partial charge in [0.05, 0.1) is 22.4 Å². The minimum Gasteiger partial charge on any atom is -0.479 e. The highest BCUT2D eigenvalue weighted by molar-refractivity contribution is 6.08. The number of benzene rings is 2. The second-order valence-corrected chi connectivity index (χ2v) is 15.5. The quantitative estimate of drug-likeness (QED) is 0.153. The van der Waals surface area contributed by atoms with Gasteiger partial charge < -0.3 is 49.2 Å². The number of carbonyl (C=O) groups is 4. The van der Waals surface area contributed by atoms with E-state index < -0.39 is 24.1 Å². The molecule has 2 aromatic heterocycles. The molecule has 2 aromatic carbocycles. The summed E-state index contributed by atoms with van der Waals surface area (Å²) in [6.45, 7) is 17.4. The summed E-state index contributed by atoms with van der Waals surface area (Å²) < 4.78 is 4.63. The number of para-hydroxylation sites is 2. The third kappa shape index (κ3) is 8.52. The van der Waals surface area contributed by atoms with Crippen molar-refractivity contribution in [2.75, 3.05) is 62.2 Å². The lowest BCUT2D eigenvalue weighted by molar-refractivity contribution is -0.165. The molecule has 2 amide bonds. The largest absolute Gasteiger partial charge is 0.479 e. The van der Waals surface area contributed by atoms with Crippen LogP contribution in [0.1, 0.15) is 75.9 Å². The van der Waals surface area contributed by atoms with Gasteiger partial charge in [0, 0.05) is 48.3 Å². The summed E-state index contributed by atoms with van der Waals surface area (Å²) in [6, 6.07) is 13.0. The minimum atomic E-state index is -2.27. The predicted molar refractivity (Wildman–Crippen MR) is 225 cm³/mol. The van der Waals surface area contributed by atoms with Crippen LogP contribution in [-0.2, 0) is 58.0 Å². The molecule has 4 aliphatic rings. The Kier molecular flexibility index (Phi) is 13.9. The molecule has 2 aliphatic heterocycles. The normalized spacial score (nSPS) is 16.8. The van der Waals surface area contributed by atoms with Crippen LogP contribution in [0, 0.1) is 0 Å². The van der Waals surface area contributed by atoms with Crippen molar-refractivity contribution in [1.29, 1.82) is 0 Å². The number of aliphatic hydroxyl groups is 2. The van der Waals surface area contributed by atoms with Crippen LogP contribution in [0.25, 0.3) is 21.8 Å². The van der Waals surface area contributed by atoms with Gasteiger partial charge >= 0.3 is 11.9 Å². The number of carboxylic acid groups (broad SMARTS) is 2. The van der Waals surface area contributed by atoms with Crippen LogP contribution in [-0.4, -0.2) is 128 Å². The third-order valence-corrected chi connectivity index (χ3v) is 12.4. The first-order valence-electron chi connectivity index (χ1n) is 21.1. The average molecular weight is 801 g/mol. The highest BCUT2D eigenvalue weighted by atomic mass is 16.4. The lowest BCUT2D eigenvalue weighted by Gasteiger charge is -2.31. The number of amides is 2. The predicted octanol–water partition coefficient (Wildman–Crippen LogP) is 4.29. The Bertz CT molecular complexity index is 1980. The molecule has 2 aliphatic carbocycles. The number of nitrogens with zero attached hydrogens (tertiary/aromatic N) is 6. The second kappa shape index (κ2) is 18.9. The van der Waals surface area contributed by atoms with Gasteiger partial charge in [-0.05, 0) is 101 Å². The number of anilines is 2. The van der Waals surface area contributed by atoms with Gasteiger partial charge in [0.15, 0.2) is 12.2 Å². The maximum atomic E-state index is 12.9. The van der Waals surface area contributed by atoms with Crippen LogP contribution in [0.15, 0.2) is 36.4 Å². The molecule has 0 saturated heterocycles. The van der Waals surface area contributed by atoms with Gasteiger partial charge in [0.1, 0.15) is 13.1 Å². The SMILES string of the molecule is CCN(CC)CCN1C(=O)Cn2c3c(c4cccc1c42)CCCC3.CCN(CC)CCN1C(=O)Cn2c3c(c4cccc1c42)CCCC3.O=C(O)[C@H](O)[C@@H](O)C(=O)O. The zero-order valence-corrected chi connectivity index (χ0v) is 34.5. The summed E-state index contributed by atoms with van der Waals surface area (Å²) in [7, 11) is 0. The molecule has 0 spiro atoms. The van der Waals surface area contributed by atoms with E-state index >= 15 is 0 Å². The standard InChI is InChI=1S/2C20H27N3O.C4H6O6/c2*1-3-21(4-2)12-13-22-18-11-7-9-16-15-8-5-6-10-17(15)23(20(16)18)14-19(22)24;5-1(3(7)8)2(6)4(9)10/h2*7,9,11H,3-6,8,10,12-14H2,1-2H3;1-2,5-6H,(H,7,8)(H,9,10)/t;;1-,2-/m..1/s1. The summed E-state index contributed by atoms with van der Waals surface area (Å²) in [5.74, 6) is -3.05. The molecular weight excluding hydrogens is 741 g/mol. The number of aliphatic carboxylic acids is 2. The Morgan fingerprint density at radius 3 is 1.31 bits per heavy atom. The molecular formula is C44H60N6O8. The van der Waals surface area contributed by atoms with Crippen LogP contribution < -0.4 is 9.80 Å². The fraction of sp³-hybridized carbons (Fsp3) is 0.545. The van der Waals surface area contributed by atoms with E-state index in [1.165, 1.54) is 70.0 Å². The van der Waals surface area contributed by atoms with Crippen LogP contribution in [0.4, 0.5) is 11.4 Å². The Morgan fingerprint density at radius 2 is 0.966 bits per heavy atom. The Labute approximate surface area is 340 Å². The number of aryl methyl sites for hydroxylation is 2. The maximum absolute atomic E-state index is 12.9. The first kappa shape index (κ1) is 42.8. The number of aliphatic hydroxyl groups excluding tert-OH is 2. The van der Waals surface area contributed by atoms with Crippen molar-refractivity contribution >= 4 is 56.9 Å². The molecule has 314 valence electrons. The van der Waals surface area contributed by atoms with E-state index in [-0.39, 0.29) is 11.8 Å². The van der Waals surface area contributed by atoms with Crippen LogP contribution in [0.5, 0.6) is 0 Å². The molecule has 4 aromatic rings. The van der Waals surface area contributed by atoms with Crippen LogP contribution in [0.2, 0.25) is 0 Å². The maximum Gasteiger partial charge on any atom is 0.335 e. The third-order valence-electron chi connectivity index (χ3n) is 12.4.